The molecule has 0 unspecified atom stereocenters. The number of pyridine rings is 1. The average Bonchev–Trinajstić information content (AvgIpc) is 2.99. The maximum atomic E-state index is 4.58. The molecule has 0 radical (unpaired) electrons. The molecule has 0 fully saturated rings. The number of hydrogen-bond acceptors (Lipinski definition) is 3. The summed E-state index contributed by atoms with van der Waals surface area (Å²) in [6.45, 7) is 6.13. The summed E-state index contributed by atoms with van der Waals surface area (Å²) >= 11 is 0. The fourth-order valence-corrected chi connectivity index (χ4v) is 5.07. The molecule has 1 aliphatic carbocycles. The summed E-state index contributed by atoms with van der Waals surface area (Å²) in [6, 6.07) is 11.5. The van der Waals surface area contributed by atoms with Gasteiger partial charge < -0.3 is 9.88 Å². The number of aromatic nitrogens is 2. The van der Waals surface area contributed by atoms with Crippen LogP contribution >= 0.6 is 0 Å². The number of fused-ring (bicyclic) bond motifs is 2. The van der Waals surface area contributed by atoms with E-state index in [1.807, 2.05) is 6.92 Å². The SMILES string of the molecule is Cc1ccc(NC[C@@H]2C=C3c4cccc5c4c(cn5C)C[C@H]3N(C)C2)c(C)n1. The highest BCUT2D eigenvalue weighted by molar-refractivity contribution is 5.98. The number of nitrogens with zero attached hydrogens (tertiary/aromatic N) is 3. The molecule has 0 spiro atoms. The number of nitrogens with one attached hydrogen (secondary N) is 1. The van der Waals surface area contributed by atoms with Gasteiger partial charge in [-0.2, -0.15) is 0 Å². The quantitative estimate of drug-likeness (QED) is 0.749. The van der Waals surface area contributed by atoms with Crippen molar-refractivity contribution in [3.05, 3.63) is 65.1 Å². The van der Waals surface area contributed by atoms with Crippen molar-refractivity contribution in [1.82, 2.24) is 14.5 Å². The summed E-state index contributed by atoms with van der Waals surface area (Å²) < 4.78 is 2.28. The monoisotopic (exact) mass is 372 g/mol. The molecule has 0 saturated carbocycles. The van der Waals surface area contributed by atoms with E-state index in [2.05, 4.69) is 83.4 Å². The molecule has 5 rings (SSSR count). The fraction of sp³-hybridized carbons (Fsp3) is 0.375. The molecule has 28 heavy (non-hydrogen) atoms. The topological polar surface area (TPSA) is 33.1 Å². The molecule has 2 aromatic heterocycles. The predicted octanol–water partition coefficient (Wildman–Crippen LogP) is 4.17. The van der Waals surface area contributed by atoms with Crippen molar-refractivity contribution in [2.75, 3.05) is 25.5 Å². The Morgan fingerprint density at radius 1 is 1.14 bits per heavy atom. The summed E-state index contributed by atoms with van der Waals surface area (Å²) in [5.74, 6) is 0.484. The molecule has 0 saturated heterocycles. The van der Waals surface area contributed by atoms with Crippen LogP contribution in [-0.2, 0) is 13.5 Å². The van der Waals surface area contributed by atoms with Crippen molar-refractivity contribution >= 4 is 22.2 Å². The molecule has 1 N–H and O–H groups in total. The van der Waals surface area contributed by atoms with Gasteiger partial charge in [0, 0.05) is 54.9 Å². The highest BCUT2D eigenvalue weighted by Gasteiger charge is 2.33. The van der Waals surface area contributed by atoms with E-state index >= 15 is 0 Å². The predicted molar refractivity (Wildman–Crippen MR) is 117 cm³/mol. The summed E-state index contributed by atoms with van der Waals surface area (Å²) in [5, 5.41) is 5.09. The van der Waals surface area contributed by atoms with Gasteiger partial charge in [-0.1, -0.05) is 18.2 Å². The molecule has 4 heteroatoms. The molecule has 1 aliphatic heterocycles. The summed E-state index contributed by atoms with van der Waals surface area (Å²) in [7, 11) is 4.44. The summed E-state index contributed by atoms with van der Waals surface area (Å²) in [5.41, 5.74) is 9.05. The van der Waals surface area contributed by atoms with Gasteiger partial charge in [-0.25, -0.2) is 0 Å². The van der Waals surface area contributed by atoms with Crippen LogP contribution in [0, 0.1) is 19.8 Å². The largest absolute Gasteiger partial charge is 0.383 e. The van der Waals surface area contributed by atoms with Gasteiger partial charge in [-0.05, 0) is 62.2 Å². The minimum Gasteiger partial charge on any atom is -0.383 e. The highest BCUT2D eigenvalue weighted by atomic mass is 15.1. The van der Waals surface area contributed by atoms with Crippen LogP contribution in [0.3, 0.4) is 0 Å². The normalized spacial score (nSPS) is 21.5. The van der Waals surface area contributed by atoms with Crippen LogP contribution in [0.1, 0.15) is 22.5 Å². The number of aryl methyl sites for hydroxylation is 3. The molecule has 1 aromatic carbocycles. The third-order valence-electron chi connectivity index (χ3n) is 6.43. The van der Waals surface area contributed by atoms with Crippen molar-refractivity contribution in [3.8, 4) is 0 Å². The Morgan fingerprint density at radius 2 is 2.00 bits per heavy atom. The molecule has 2 aliphatic rings. The first-order valence-electron chi connectivity index (χ1n) is 10.2. The Kier molecular flexibility index (Phi) is 4.06. The lowest BCUT2D eigenvalue weighted by Gasteiger charge is -2.40. The Labute approximate surface area is 166 Å². The van der Waals surface area contributed by atoms with Crippen molar-refractivity contribution in [2.24, 2.45) is 13.0 Å². The molecule has 0 bridgehead atoms. The van der Waals surface area contributed by atoms with Crippen LogP contribution in [-0.4, -0.2) is 40.6 Å². The van der Waals surface area contributed by atoms with Crippen LogP contribution in [0.4, 0.5) is 5.69 Å². The van der Waals surface area contributed by atoms with Crippen LogP contribution in [0.2, 0.25) is 0 Å². The van der Waals surface area contributed by atoms with Gasteiger partial charge in [0.05, 0.1) is 11.4 Å². The molecule has 144 valence electrons. The van der Waals surface area contributed by atoms with Gasteiger partial charge in [0.15, 0.2) is 0 Å². The van der Waals surface area contributed by atoms with Crippen molar-refractivity contribution in [1.29, 1.82) is 0 Å². The Morgan fingerprint density at radius 3 is 2.82 bits per heavy atom. The Hall–Kier alpha value is -2.59. The fourth-order valence-electron chi connectivity index (χ4n) is 5.07. The second-order valence-corrected chi connectivity index (χ2v) is 8.47. The van der Waals surface area contributed by atoms with Crippen molar-refractivity contribution in [3.63, 3.8) is 0 Å². The van der Waals surface area contributed by atoms with E-state index in [1.54, 1.807) is 0 Å². The van der Waals surface area contributed by atoms with Gasteiger partial charge in [0.2, 0.25) is 0 Å². The lowest BCUT2D eigenvalue weighted by molar-refractivity contribution is 0.249. The van der Waals surface area contributed by atoms with Gasteiger partial charge in [-0.3, -0.25) is 9.88 Å². The maximum Gasteiger partial charge on any atom is 0.0606 e. The zero-order valence-electron chi connectivity index (χ0n) is 17.2. The van der Waals surface area contributed by atoms with E-state index in [1.165, 1.54) is 27.6 Å². The zero-order chi connectivity index (χ0) is 19.4. The molecule has 4 nitrogen and oxygen atoms in total. The summed E-state index contributed by atoms with van der Waals surface area (Å²) in [4.78, 5) is 7.12. The molecular formula is C24H28N4. The standard InChI is InChI=1S/C24H28N4/c1-15-8-9-21(16(2)26-15)25-12-17-10-20-19-6-5-7-22-24(19)18(14-28(22)4)11-23(20)27(3)13-17/h5-10,14,17,23,25H,11-13H2,1-4H3/t17-,23+/m0/s1. The van der Waals surface area contributed by atoms with E-state index in [0.29, 0.717) is 12.0 Å². The number of anilines is 1. The van der Waals surface area contributed by atoms with Crippen LogP contribution in [0.5, 0.6) is 0 Å². The van der Waals surface area contributed by atoms with Gasteiger partial charge >= 0.3 is 0 Å². The van der Waals surface area contributed by atoms with E-state index in [-0.39, 0.29) is 0 Å². The molecule has 3 heterocycles. The van der Waals surface area contributed by atoms with Crippen LogP contribution in [0.15, 0.2) is 42.6 Å². The minimum atomic E-state index is 0.484. The maximum absolute atomic E-state index is 4.58. The second-order valence-electron chi connectivity index (χ2n) is 8.47. The lowest BCUT2D eigenvalue weighted by Crippen LogP contribution is -2.43. The molecular weight excluding hydrogens is 344 g/mol. The third-order valence-corrected chi connectivity index (χ3v) is 6.43. The van der Waals surface area contributed by atoms with Gasteiger partial charge in [-0.15, -0.1) is 0 Å². The van der Waals surface area contributed by atoms with E-state index < -0.39 is 0 Å². The number of likely N-dealkylation sites (N-methyl/N-ethyl adjacent to an activating group) is 1. The minimum absolute atomic E-state index is 0.484. The van der Waals surface area contributed by atoms with Gasteiger partial charge in [0.1, 0.15) is 0 Å². The van der Waals surface area contributed by atoms with Gasteiger partial charge in [0.25, 0.3) is 0 Å². The smallest absolute Gasteiger partial charge is 0.0606 e. The van der Waals surface area contributed by atoms with E-state index in [0.717, 1.165) is 36.6 Å². The van der Waals surface area contributed by atoms with Crippen molar-refractivity contribution in [2.45, 2.75) is 26.3 Å². The molecule has 3 aromatic rings. The van der Waals surface area contributed by atoms with Crippen molar-refractivity contribution < 1.29 is 0 Å². The van der Waals surface area contributed by atoms with E-state index in [9.17, 15) is 0 Å². The number of rotatable bonds is 3. The molecule has 2 atom stereocenters. The number of hydrogen-bond donors (Lipinski definition) is 1. The zero-order valence-corrected chi connectivity index (χ0v) is 17.2. The first-order chi connectivity index (χ1) is 13.5. The second kappa shape index (κ2) is 6.49. The van der Waals surface area contributed by atoms with Crippen LogP contribution in [0.25, 0.3) is 16.5 Å². The first kappa shape index (κ1) is 17.5. The summed E-state index contributed by atoms with van der Waals surface area (Å²) in [6.07, 6.45) is 5.96. The highest BCUT2D eigenvalue weighted by Crippen LogP contribution is 2.41. The van der Waals surface area contributed by atoms with Crippen LogP contribution < -0.4 is 5.32 Å². The molecule has 0 amide bonds. The third kappa shape index (κ3) is 2.75. The lowest BCUT2D eigenvalue weighted by atomic mass is 9.80. The Bertz CT molecular complexity index is 1090. The Balaban J connectivity index is 1.47. The first-order valence-corrected chi connectivity index (χ1v) is 10.2. The average molecular weight is 373 g/mol. The van der Waals surface area contributed by atoms with E-state index in [4.69, 9.17) is 0 Å². The number of benzene rings is 1.